The molecular weight excluding hydrogens is 312 g/mol. The molecule has 1 saturated heterocycles. The number of unbranched alkanes of at least 4 members (excludes halogenated alkanes) is 1. The summed E-state index contributed by atoms with van der Waals surface area (Å²) < 4.78 is 6.98. The van der Waals surface area contributed by atoms with E-state index in [2.05, 4.69) is 28.9 Å². The average Bonchev–Trinajstić information content (AvgIpc) is 3.02. The van der Waals surface area contributed by atoms with Crippen molar-refractivity contribution in [3.8, 4) is 0 Å². The lowest BCUT2D eigenvalue weighted by atomic mass is 10.1. The molecule has 124 valence electrons. The lowest BCUT2D eigenvalue weighted by molar-refractivity contribution is -0.140. The van der Waals surface area contributed by atoms with Gasteiger partial charge in [0.05, 0.1) is 0 Å². The van der Waals surface area contributed by atoms with E-state index in [0.717, 1.165) is 30.7 Å². The van der Waals surface area contributed by atoms with Gasteiger partial charge < -0.3 is 4.74 Å². The van der Waals surface area contributed by atoms with Crippen molar-refractivity contribution >= 4 is 23.5 Å². The van der Waals surface area contributed by atoms with Gasteiger partial charge >= 0.3 is 5.97 Å². The molecule has 0 aliphatic carbocycles. The van der Waals surface area contributed by atoms with Crippen LogP contribution in [0.4, 0.5) is 0 Å². The molecule has 2 aromatic rings. The van der Waals surface area contributed by atoms with E-state index in [-0.39, 0.29) is 17.3 Å². The third-order valence-corrected chi connectivity index (χ3v) is 5.24. The number of carbonyl (C=O) groups is 1. The summed E-state index contributed by atoms with van der Waals surface area (Å²) in [5.74, 6) is 0.424. The van der Waals surface area contributed by atoms with E-state index in [9.17, 15) is 4.79 Å². The van der Waals surface area contributed by atoms with Crippen molar-refractivity contribution < 1.29 is 9.53 Å². The molecule has 6 nitrogen and oxygen atoms in total. The van der Waals surface area contributed by atoms with Crippen LogP contribution in [-0.2, 0) is 16.0 Å². The number of fused-ring (bicyclic) bond motifs is 1. The number of esters is 1. The van der Waals surface area contributed by atoms with E-state index < -0.39 is 0 Å². The van der Waals surface area contributed by atoms with Crippen LogP contribution in [0.2, 0.25) is 0 Å². The average molecular weight is 334 g/mol. The van der Waals surface area contributed by atoms with Crippen molar-refractivity contribution in [2.45, 2.75) is 69.9 Å². The van der Waals surface area contributed by atoms with Gasteiger partial charge in [0, 0.05) is 17.8 Å². The second-order valence-corrected chi connectivity index (χ2v) is 7.23. The van der Waals surface area contributed by atoms with Crippen molar-refractivity contribution in [2.75, 3.05) is 0 Å². The first kappa shape index (κ1) is 16.2. The van der Waals surface area contributed by atoms with E-state index in [1.807, 2.05) is 13.8 Å². The highest BCUT2D eigenvalue weighted by Gasteiger charge is 2.33. The maximum atomic E-state index is 11.8. The second-order valence-electron chi connectivity index (χ2n) is 6.06. The number of cyclic esters (lactones) is 1. The first-order valence-corrected chi connectivity index (χ1v) is 8.97. The van der Waals surface area contributed by atoms with E-state index in [1.54, 1.807) is 4.52 Å². The van der Waals surface area contributed by atoms with Crippen LogP contribution in [-0.4, -0.2) is 36.9 Å². The largest absolute Gasteiger partial charge is 0.462 e. The summed E-state index contributed by atoms with van der Waals surface area (Å²) >= 11 is 1.37. The van der Waals surface area contributed by atoms with Gasteiger partial charge in [-0.05, 0) is 39.2 Å². The number of ether oxygens (including phenoxy) is 1. The lowest BCUT2D eigenvalue weighted by Gasteiger charge is -2.09. The molecule has 0 saturated carbocycles. The quantitative estimate of drug-likeness (QED) is 0.783. The Labute approximate surface area is 140 Å². The van der Waals surface area contributed by atoms with Crippen LogP contribution >= 0.6 is 11.8 Å². The molecule has 0 amide bonds. The molecule has 3 rings (SSSR count). The summed E-state index contributed by atoms with van der Waals surface area (Å²) in [6.45, 7) is 8.17. The minimum atomic E-state index is -0.219. The van der Waals surface area contributed by atoms with Gasteiger partial charge in [0.25, 0.3) is 5.78 Å². The van der Waals surface area contributed by atoms with Crippen molar-refractivity contribution in [2.24, 2.45) is 0 Å². The molecule has 0 spiro atoms. The lowest BCUT2D eigenvalue weighted by Crippen LogP contribution is -2.09. The molecule has 2 atom stereocenters. The van der Waals surface area contributed by atoms with Gasteiger partial charge in [-0.2, -0.15) is 4.98 Å². The highest BCUT2D eigenvalue weighted by molar-refractivity contribution is 8.00. The smallest absolute Gasteiger partial charge is 0.319 e. The normalized spacial score (nSPS) is 21.1. The van der Waals surface area contributed by atoms with Gasteiger partial charge in [-0.25, -0.2) is 9.50 Å². The van der Waals surface area contributed by atoms with Crippen LogP contribution in [0.1, 0.15) is 50.1 Å². The third-order valence-electron chi connectivity index (χ3n) is 4.18. The number of aryl methyl sites for hydroxylation is 2. The molecule has 1 fully saturated rings. The first-order valence-electron chi connectivity index (χ1n) is 8.09. The molecule has 0 radical (unpaired) electrons. The zero-order valence-electron chi connectivity index (χ0n) is 14.0. The predicted molar refractivity (Wildman–Crippen MR) is 88.7 cm³/mol. The highest BCUT2D eigenvalue weighted by atomic mass is 32.2. The van der Waals surface area contributed by atoms with Gasteiger partial charge in [0.1, 0.15) is 11.4 Å². The predicted octanol–water partition coefficient (Wildman–Crippen LogP) is 2.88. The fourth-order valence-electron chi connectivity index (χ4n) is 2.90. The summed E-state index contributed by atoms with van der Waals surface area (Å²) in [5.41, 5.74) is 3.35. The van der Waals surface area contributed by atoms with Crippen LogP contribution in [0, 0.1) is 13.8 Å². The molecular formula is C16H22N4O2S. The summed E-state index contributed by atoms with van der Waals surface area (Å²) in [5, 5.41) is 4.91. The second kappa shape index (κ2) is 6.47. The van der Waals surface area contributed by atoms with Crippen molar-refractivity contribution in [3.05, 3.63) is 17.0 Å². The molecule has 2 aromatic heterocycles. The first-order chi connectivity index (χ1) is 11.0. The Bertz CT molecular complexity index is 743. The summed E-state index contributed by atoms with van der Waals surface area (Å²) in [4.78, 5) is 20.8. The number of hydrogen-bond donors (Lipinski definition) is 0. The fraction of sp³-hybridized carbons (Fsp3) is 0.625. The number of aromatic nitrogens is 4. The number of hydrogen-bond acceptors (Lipinski definition) is 6. The van der Waals surface area contributed by atoms with Gasteiger partial charge in [-0.1, -0.05) is 25.1 Å². The molecule has 3 heterocycles. The molecule has 0 N–H and O–H groups in total. The fourth-order valence-corrected chi connectivity index (χ4v) is 3.94. The van der Waals surface area contributed by atoms with E-state index in [4.69, 9.17) is 4.74 Å². The van der Waals surface area contributed by atoms with Crippen molar-refractivity contribution in [1.29, 1.82) is 0 Å². The molecule has 0 aromatic carbocycles. The Hall–Kier alpha value is -1.63. The summed E-state index contributed by atoms with van der Waals surface area (Å²) in [7, 11) is 0. The van der Waals surface area contributed by atoms with Crippen molar-refractivity contribution in [1.82, 2.24) is 19.6 Å². The number of rotatable bonds is 5. The monoisotopic (exact) mass is 334 g/mol. The van der Waals surface area contributed by atoms with Crippen molar-refractivity contribution in [3.63, 3.8) is 0 Å². The third kappa shape index (κ3) is 3.20. The van der Waals surface area contributed by atoms with Crippen LogP contribution in [0.25, 0.3) is 5.78 Å². The SMILES string of the molecule is CCCCc1c(C)nc2nc(S[C@@H]3C[C@@H](C)OC3=O)nn2c1C. The Morgan fingerprint density at radius 2 is 2.13 bits per heavy atom. The van der Waals surface area contributed by atoms with Gasteiger partial charge in [0.15, 0.2) is 0 Å². The van der Waals surface area contributed by atoms with E-state index in [1.165, 1.54) is 17.3 Å². The Morgan fingerprint density at radius 3 is 2.78 bits per heavy atom. The summed E-state index contributed by atoms with van der Waals surface area (Å²) in [6.07, 6.45) is 3.96. The van der Waals surface area contributed by atoms with Gasteiger partial charge in [-0.15, -0.1) is 5.10 Å². The Balaban J connectivity index is 1.89. The van der Waals surface area contributed by atoms with Crippen LogP contribution < -0.4 is 0 Å². The maximum absolute atomic E-state index is 11.8. The molecule has 7 heteroatoms. The minimum Gasteiger partial charge on any atom is -0.462 e. The molecule has 1 aliphatic heterocycles. The van der Waals surface area contributed by atoms with Gasteiger partial charge in [-0.3, -0.25) is 4.79 Å². The molecule has 23 heavy (non-hydrogen) atoms. The Kier molecular flexibility index (Phi) is 4.57. The molecule has 0 bridgehead atoms. The topological polar surface area (TPSA) is 69.4 Å². The zero-order valence-corrected chi connectivity index (χ0v) is 14.8. The maximum Gasteiger partial charge on any atom is 0.319 e. The zero-order chi connectivity index (χ0) is 16.6. The highest BCUT2D eigenvalue weighted by Crippen LogP contribution is 2.30. The Morgan fingerprint density at radius 1 is 1.35 bits per heavy atom. The number of nitrogens with zero attached hydrogens (tertiary/aromatic N) is 4. The number of carbonyl (C=O) groups excluding carboxylic acids is 1. The van der Waals surface area contributed by atoms with Crippen LogP contribution in [0.15, 0.2) is 5.16 Å². The number of thioether (sulfide) groups is 1. The van der Waals surface area contributed by atoms with Crippen LogP contribution in [0.3, 0.4) is 0 Å². The van der Waals surface area contributed by atoms with E-state index >= 15 is 0 Å². The standard InChI is InChI=1S/C16H22N4O2S/c1-5-6-7-12-10(3)17-15-18-16(19-20(15)11(12)4)23-13-8-9(2)22-14(13)21/h9,13H,5-8H2,1-4H3/t9-,13-/m1/s1. The molecule has 1 aliphatic rings. The minimum absolute atomic E-state index is 0.0280. The van der Waals surface area contributed by atoms with Crippen LogP contribution in [0.5, 0.6) is 0 Å². The van der Waals surface area contributed by atoms with E-state index in [0.29, 0.717) is 17.4 Å². The summed E-state index contributed by atoms with van der Waals surface area (Å²) in [6, 6.07) is 0. The van der Waals surface area contributed by atoms with Gasteiger partial charge in [0.2, 0.25) is 5.16 Å². The molecule has 0 unspecified atom stereocenters.